The van der Waals surface area contributed by atoms with Crippen LogP contribution in [0.15, 0.2) is 24.3 Å². The Hall–Kier alpha value is -1.76. The number of unbranched alkanes of at least 4 members (excludes halogenated alkanes) is 3. The number of urea groups is 1. The van der Waals surface area contributed by atoms with Gasteiger partial charge in [0.1, 0.15) is 0 Å². The zero-order valence-corrected chi connectivity index (χ0v) is 11.7. The van der Waals surface area contributed by atoms with Crippen molar-refractivity contribution in [2.45, 2.75) is 31.9 Å². The molecule has 0 radical (unpaired) electrons. The molecule has 7 heteroatoms. The Labute approximate surface area is 121 Å². The van der Waals surface area contributed by atoms with Crippen LogP contribution < -0.4 is 16.4 Å². The zero-order chi connectivity index (χ0) is 15.7. The first kappa shape index (κ1) is 17.3. The van der Waals surface area contributed by atoms with Gasteiger partial charge in [0, 0.05) is 6.54 Å². The molecule has 1 rings (SSSR count). The summed E-state index contributed by atoms with van der Waals surface area (Å²) in [4.78, 5) is 11.6. The number of hydrogen-bond acceptors (Lipinski definition) is 2. The number of rotatable bonds is 7. The fourth-order valence-electron chi connectivity index (χ4n) is 1.83. The lowest BCUT2D eigenvalue weighted by atomic mass is 10.1. The number of nitrogens with one attached hydrogen (secondary N) is 2. The number of halogens is 3. The van der Waals surface area contributed by atoms with Gasteiger partial charge in [0.15, 0.2) is 0 Å². The van der Waals surface area contributed by atoms with E-state index < -0.39 is 17.8 Å². The molecular formula is C14H20F3N3O. The Morgan fingerprint density at radius 2 is 1.76 bits per heavy atom. The standard InChI is InChI=1S/C14H20F3N3O/c15-14(16,17)11-7-3-4-8-12(11)20-13(21)19-10-6-2-1-5-9-18/h3-4,7-8H,1-2,5-6,9-10,18H2,(H2,19,20,21). The van der Waals surface area contributed by atoms with Crippen LogP contribution in [0, 0.1) is 0 Å². The quantitative estimate of drug-likeness (QED) is 0.676. The second-order valence-corrected chi connectivity index (χ2v) is 4.63. The minimum Gasteiger partial charge on any atom is -0.338 e. The lowest BCUT2D eigenvalue weighted by Gasteiger charge is -2.14. The number of carbonyl (C=O) groups is 1. The summed E-state index contributed by atoms with van der Waals surface area (Å²) in [5.41, 5.74) is 4.25. The summed E-state index contributed by atoms with van der Waals surface area (Å²) >= 11 is 0. The fourth-order valence-corrected chi connectivity index (χ4v) is 1.83. The van der Waals surface area contributed by atoms with Gasteiger partial charge in [-0.1, -0.05) is 25.0 Å². The lowest BCUT2D eigenvalue weighted by Crippen LogP contribution is -2.30. The topological polar surface area (TPSA) is 67.1 Å². The Balaban J connectivity index is 2.42. The Morgan fingerprint density at radius 1 is 1.10 bits per heavy atom. The third-order valence-electron chi connectivity index (χ3n) is 2.90. The molecule has 0 saturated heterocycles. The summed E-state index contributed by atoms with van der Waals surface area (Å²) < 4.78 is 38.2. The molecule has 4 N–H and O–H groups in total. The van der Waals surface area contributed by atoms with Gasteiger partial charge in [-0.15, -0.1) is 0 Å². The molecule has 0 aliphatic carbocycles. The van der Waals surface area contributed by atoms with Gasteiger partial charge in [-0.25, -0.2) is 4.79 Å². The van der Waals surface area contributed by atoms with Crippen molar-refractivity contribution in [1.29, 1.82) is 0 Å². The SMILES string of the molecule is NCCCCCCNC(=O)Nc1ccccc1C(F)(F)F. The van der Waals surface area contributed by atoms with E-state index in [9.17, 15) is 18.0 Å². The molecule has 0 unspecified atom stereocenters. The van der Waals surface area contributed by atoms with E-state index in [0.717, 1.165) is 31.7 Å². The number of amides is 2. The molecule has 0 heterocycles. The Kier molecular flexibility index (Phi) is 7.01. The molecule has 1 aromatic carbocycles. The zero-order valence-electron chi connectivity index (χ0n) is 11.7. The molecule has 0 bridgehead atoms. The number of hydrogen-bond donors (Lipinski definition) is 3. The highest BCUT2D eigenvalue weighted by molar-refractivity contribution is 5.90. The average molecular weight is 303 g/mol. The van der Waals surface area contributed by atoms with E-state index in [-0.39, 0.29) is 5.69 Å². The summed E-state index contributed by atoms with van der Waals surface area (Å²) in [7, 11) is 0. The second kappa shape index (κ2) is 8.51. The molecule has 0 aromatic heterocycles. The smallest absolute Gasteiger partial charge is 0.338 e. The monoisotopic (exact) mass is 303 g/mol. The summed E-state index contributed by atoms with van der Waals surface area (Å²) in [5.74, 6) is 0. The third-order valence-corrected chi connectivity index (χ3v) is 2.90. The molecule has 0 spiro atoms. The van der Waals surface area contributed by atoms with Crippen molar-refractivity contribution in [2.24, 2.45) is 5.73 Å². The van der Waals surface area contributed by atoms with E-state index in [0.29, 0.717) is 13.1 Å². The van der Waals surface area contributed by atoms with Gasteiger partial charge in [0.25, 0.3) is 0 Å². The van der Waals surface area contributed by atoms with Crippen LogP contribution in [0.5, 0.6) is 0 Å². The molecule has 4 nitrogen and oxygen atoms in total. The van der Waals surface area contributed by atoms with E-state index in [1.807, 2.05) is 0 Å². The Morgan fingerprint density at radius 3 is 2.43 bits per heavy atom. The van der Waals surface area contributed by atoms with Crippen LogP contribution in [-0.4, -0.2) is 19.1 Å². The lowest BCUT2D eigenvalue weighted by molar-refractivity contribution is -0.136. The molecule has 0 atom stereocenters. The predicted octanol–water partition coefficient (Wildman–Crippen LogP) is 3.35. The highest BCUT2D eigenvalue weighted by Crippen LogP contribution is 2.34. The van der Waals surface area contributed by atoms with Crippen molar-refractivity contribution in [3.05, 3.63) is 29.8 Å². The molecule has 2 amide bonds. The van der Waals surface area contributed by atoms with Crippen molar-refractivity contribution in [2.75, 3.05) is 18.4 Å². The first-order valence-corrected chi connectivity index (χ1v) is 6.86. The van der Waals surface area contributed by atoms with Crippen molar-refractivity contribution in [1.82, 2.24) is 5.32 Å². The van der Waals surface area contributed by atoms with Crippen molar-refractivity contribution in [3.8, 4) is 0 Å². The first-order valence-electron chi connectivity index (χ1n) is 6.86. The molecule has 1 aromatic rings. The van der Waals surface area contributed by atoms with Crippen molar-refractivity contribution < 1.29 is 18.0 Å². The van der Waals surface area contributed by atoms with Gasteiger partial charge in [0.05, 0.1) is 11.3 Å². The van der Waals surface area contributed by atoms with Crippen LogP contribution in [0.3, 0.4) is 0 Å². The van der Waals surface area contributed by atoms with Gasteiger partial charge >= 0.3 is 12.2 Å². The fraction of sp³-hybridized carbons (Fsp3) is 0.500. The minimum atomic E-state index is -4.49. The van der Waals surface area contributed by atoms with Crippen LogP contribution in [-0.2, 0) is 6.18 Å². The highest BCUT2D eigenvalue weighted by atomic mass is 19.4. The number of alkyl halides is 3. The maximum atomic E-state index is 12.7. The molecule has 0 fully saturated rings. The van der Waals surface area contributed by atoms with Gasteiger partial charge in [-0.05, 0) is 31.5 Å². The van der Waals surface area contributed by atoms with Gasteiger partial charge in [-0.2, -0.15) is 13.2 Å². The summed E-state index contributed by atoms with van der Waals surface area (Å²) in [5, 5.41) is 4.77. The average Bonchev–Trinajstić information content (AvgIpc) is 2.42. The number of carbonyl (C=O) groups excluding carboxylic acids is 1. The van der Waals surface area contributed by atoms with Crippen molar-refractivity contribution >= 4 is 11.7 Å². The van der Waals surface area contributed by atoms with Crippen LogP contribution in [0.25, 0.3) is 0 Å². The van der Waals surface area contributed by atoms with Gasteiger partial charge < -0.3 is 16.4 Å². The predicted molar refractivity (Wildman–Crippen MR) is 76.0 cm³/mol. The second-order valence-electron chi connectivity index (χ2n) is 4.63. The molecule has 0 saturated carbocycles. The van der Waals surface area contributed by atoms with Crippen molar-refractivity contribution in [3.63, 3.8) is 0 Å². The summed E-state index contributed by atoms with van der Waals surface area (Å²) in [6, 6.07) is 4.25. The molecule has 21 heavy (non-hydrogen) atoms. The maximum absolute atomic E-state index is 12.7. The normalized spacial score (nSPS) is 11.2. The van der Waals surface area contributed by atoms with Crippen LogP contribution in [0.1, 0.15) is 31.2 Å². The van der Waals surface area contributed by atoms with Crippen LogP contribution >= 0.6 is 0 Å². The molecule has 0 aliphatic heterocycles. The molecular weight excluding hydrogens is 283 g/mol. The third kappa shape index (κ3) is 6.48. The van der Waals surface area contributed by atoms with Gasteiger partial charge in [0.2, 0.25) is 0 Å². The van der Waals surface area contributed by atoms with E-state index in [1.165, 1.54) is 18.2 Å². The van der Waals surface area contributed by atoms with E-state index in [1.54, 1.807) is 0 Å². The molecule has 118 valence electrons. The summed E-state index contributed by atoms with van der Waals surface area (Å²) in [6.07, 6.45) is -0.876. The van der Waals surface area contributed by atoms with Crippen LogP contribution in [0.2, 0.25) is 0 Å². The molecule has 0 aliphatic rings. The van der Waals surface area contributed by atoms with E-state index >= 15 is 0 Å². The number of para-hydroxylation sites is 1. The van der Waals surface area contributed by atoms with E-state index in [2.05, 4.69) is 10.6 Å². The Bertz CT molecular complexity index is 449. The van der Waals surface area contributed by atoms with E-state index in [4.69, 9.17) is 5.73 Å². The van der Waals surface area contributed by atoms with Crippen LogP contribution in [0.4, 0.5) is 23.7 Å². The number of nitrogens with two attached hydrogens (primary N) is 1. The summed E-state index contributed by atoms with van der Waals surface area (Å²) in [6.45, 7) is 1.06. The van der Waals surface area contributed by atoms with Gasteiger partial charge in [-0.3, -0.25) is 0 Å². The maximum Gasteiger partial charge on any atom is 0.418 e. The first-order chi connectivity index (χ1) is 9.95. The highest BCUT2D eigenvalue weighted by Gasteiger charge is 2.33. The largest absolute Gasteiger partial charge is 0.418 e. The number of benzene rings is 1. The number of anilines is 1. The minimum absolute atomic E-state index is 0.245.